The lowest BCUT2D eigenvalue weighted by molar-refractivity contribution is -0.384. The third kappa shape index (κ3) is 8.30. The number of halogens is 2. The second kappa shape index (κ2) is 14.5. The second-order valence-corrected chi connectivity index (χ2v) is 11.3. The molecule has 224 valence electrons. The molecule has 0 heterocycles. The number of anilines is 2. The van der Waals surface area contributed by atoms with E-state index in [9.17, 15) is 28.9 Å². The summed E-state index contributed by atoms with van der Waals surface area (Å²) in [6, 6.07) is 23.2. The molecule has 0 saturated heterocycles. The van der Waals surface area contributed by atoms with Crippen LogP contribution < -0.4 is 16.0 Å². The summed E-state index contributed by atoms with van der Waals surface area (Å²) in [6.45, 7) is 3.41. The summed E-state index contributed by atoms with van der Waals surface area (Å²) >= 11 is 7.38. The van der Waals surface area contributed by atoms with E-state index in [1.807, 2.05) is 0 Å². The van der Waals surface area contributed by atoms with Crippen LogP contribution in [-0.4, -0.2) is 27.9 Å². The number of carbonyl (C=O) groups excluding carboxylic acids is 3. The zero-order chi connectivity index (χ0) is 31.8. The van der Waals surface area contributed by atoms with E-state index in [-0.39, 0.29) is 33.4 Å². The maximum atomic E-state index is 14.6. The van der Waals surface area contributed by atoms with Crippen LogP contribution in [0.3, 0.4) is 0 Å². The third-order valence-electron chi connectivity index (χ3n) is 6.28. The Labute approximate surface area is 261 Å². The van der Waals surface area contributed by atoms with Gasteiger partial charge in [0, 0.05) is 33.8 Å². The Morgan fingerprint density at radius 2 is 1.68 bits per heavy atom. The van der Waals surface area contributed by atoms with Crippen LogP contribution in [0.2, 0.25) is 5.02 Å². The van der Waals surface area contributed by atoms with Crippen LogP contribution in [-0.2, 0) is 9.59 Å². The molecule has 0 aromatic heterocycles. The average molecular weight is 633 g/mol. The average Bonchev–Trinajstić information content (AvgIpc) is 2.99. The van der Waals surface area contributed by atoms with Gasteiger partial charge in [0.1, 0.15) is 11.5 Å². The van der Waals surface area contributed by atoms with Crippen LogP contribution in [0, 0.1) is 22.9 Å². The van der Waals surface area contributed by atoms with E-state index >= 15 is 0 Å². The van der Waals surface area contributed by atoms with Crippen molar-refractivity contribution in [3.63, 3.8) is 0 Å². The van der Waals surface area contributed by atoms with Gasteiger partial charge in [0.05, 0.1) is 20.9 Å². The van der Waals surface area contributed by atoms with E-state index in [1.54, 1.807) is 74.5 Å². The predicted octanol–water partition coefficient (Wildman–Crippen LogP) is 7.22. The van der Waals surface area contributed by atoms with Gasteiger partial charge >= 0.3 is 0 Å². The van der Waals surface area contributed by atoms with Gasteiger partial charge in [0.2, 0.25) is 5.91 Å². The van der Waals surface area contributed by atoms with Crippen molar-refractivity contribution in [2.75, 3.05) is 10.6 Å². The third-order valence-corrected chi connectivity index (χ3v) is 7.70. The molecule has 9 nitrogen and oxygen atoms in total. The van der Waals surface area contributed by atoms with Crippen LogP contribution in [0.15, 0.2) is 102 Å². The highest BCUT2D eigenvalue weighted by atomic mass is 35.5. The number of thioether (sulfide) groups is 1. The Morgan fingerprint density at radius 3 is 2.39 bits per heavy atom. The van der Waals surface area contributed by atoms with Gasteiger partial charge in [-0.25, -0.2) is 4.39 Å². The Balaban J connectivity index is 1.51. The first-order chi connectivity index (χ1) is 21.0. The molecule has 0 radical (unpaired) electrons. The Morgan fingerprint density at radius 1 is 0.955 bits per heavy atom. The Bertz CT molecular complexity index is 1750. The van der Waals surface area contributed by atoms with Crippen molar-refractivity contribution in [1.82, 2.24) is 5.32 Å². The Kier molecular flexibility index (Phi) is 10.5. The number of nitro groups is 1. The highest BCUT2D eigenvalue weighted by Crippen LogP contribution is 2.29. The molecule has 0 bridgehead atoms. The van der Waals surface area contributed by atoms with Crippen molar-refractivity contribution >= 4 is 64.2 Å². The predicted molar refractivity (Wildman–Crippen MR) is 170 cm³/mol. The van der Waals surface area contributed by atoms with Crippen LogP contribution >= 0.6 is 23.4 Å². The number of non-ortho nitro benzene ring substituents is 1. The minimum atomic E-state index is -0.734. The summed E-state index contributed by atoms with van der Waals surface area (Å²) in [4.78, 5) is 50.4. The SMILES string of the molecule is Cc1ccc([N+](=O)[O-])cc1NC(=O)C(C)Sc1cccc(NC(=O)/C(=C\c2c(F)cccc2Cl)NC(=O)c2ccccc2)c1. The molecule has 0 fully saturated rings. The molecule has 1 atom stereocenters. The van der Waals surface area contributed by atoms with Gasteiger partial charge in [-0.3, -0.25) is 24.5 Å². The number of hydrogen-bond donors (Lipinski definition) is 3. The molecule has 4 rings (SSSR count). The first kappa shape index (κ1) is 31.9. The molecule has 0 aliphatic heterocycles. The normalized spacial score (nSPS) is 11.8. The van der Waals surface area contributed by atoms with E-state index in [2.05, 4.69) is 16.0 Å². The van der Waals surface area contributed by atoms with Gasteiger partial charge in [-0.15, -0.1) is 11.8 Å². The molecule has 44 heavy (non-hydrogen) atoms. The molecule has 0 saturated carbocycles. The zero-order valence-corrected chi connectivity index (χ0v) is 25.0. The highest BCUT2D eigenvalue weighted by Gasteiger charge is 2.19. The molecule has 3 amide bonds. The minimum absolute atomic E-state index is 0.0511. The number of nitro benzene ring substituents is 1. The number of carbonyl (C=O) groups is 3. The minimum Gasteiger partial charge on any atom is -0.325 e. The highest BCUT2D eigenvalue weighted by molar-refractivity contribution is 8.00. The maximum absolute atomic E-state index is 14.6. The van der Waals surface area contributed by atoms with Gasteiger partial charge in [0.15, 0.2) is 0 Å². The van der Waals surface area contributed by atoms with Gasteiger partial charge in [0.25, 0.3) is 17.5 Å². The van der Waals surface area contributed by atoms with E-state index < -0.39 is 27.8 Å². The maximum Gasteiger partial charge on any atom is 0.272 e. The number of aryl methyl sites for hydroxylation is 1. The van der Waals surface area contributed by atoms with Gasteiger partial charge in [-0.05, 0) is 68.0 Å². The molecule has 4 aromatic rings. The lowest BCUT2D eigenvalue weighted by Gasteiger charge is -2.15. The van der Waals surface area contributed by atoms with Crippen molar-refractivity contribution in [3.05, 3.63) is 134 Å². The zero-order valence-electron chi connectivity index (χ0n) is 23.5. The number of hydrogen-bond acceptors (Lipinski definition) is 6. The fourth-order valence-corrected chi connectivity index (χ4v) is 5.08. The molecule has 12 heteroatoms. The monoisotopic (exact) mass is 632 g/mol. The molecule has 0 spiro atoms. The van der Waals surface area contributed by atoms with Crippen molar-refractivity contribution in [3.8, 4) is 0 Å². The summed E-state index contributed by atoms with van der Waals surface area (Å²) in [7, 11) is 0. The fraction of sp³-hybridized carbons (Fsp3) is 0.0938. The lowest BCUT2D eigenvalue weighted by atomic mass is 10.1. The van der Waals surface area contributed by atoms with E-state index in [0.29, 0.717) is 21.8 Å². The first-order valence-corrected chi connectivity index (χ1v) is 14.4. The van der Waals surface area contributed by atoms with Crippen LogP contribution in [0.4, 0.5) is 21.5 Å². The fourth-order valence-electron chi connectivity index (χ4n) is 3.93. The number of nitrogens with one attached hydrogen (secondary N) is 3. The molecular weight excluding hydrogens is 607 g/mol. The van der Waals surface area contributed by atoms with E-state index in [4.69, 9.17) is 11.6 Å². The standard InChI is InChI=1S/C32H26ClFN4O5S/c1-19-14-15-23(38(42)43)17-28(19)36-30(39)20(2)44-24-11-6-10-22(16-24)35-32(41)29(18-25-26(33)12-7-13-27(25)34)37-31(40)21-8-4-3-5-9-21/h3-18,20H,1-2H3,(H,35,41)(H,36,39)(H,37,40)/b29-18+. The van der Waals surface area contributed by atoms with E-state index in [1.165, 1.54) is 42.1 Å². The molecule has 1 unspecified atom stereocenters. The van der Waals surface area contributed by atoms with Crippen LogP contribution in [0.25, 0.3) is 6.08 Å². The van der Waals surface area contributed by atoms with Crippen molar-refractivity contribution in [2.45, 2.75) is 24.0 Å². The summed E-state index contributed by atoms with van der Waals surface area (Å²) in [5.41, 5.74) is 1.19. The molecule has 3 N–H and O–H groups in total. The van der Waals surface area contributed by atoms with Crippen LogP contribution in [0.5, 0.6) is 0 Å². The summed E-state index contributed by atoms with van der Waals surface area (Å²) in [6.07, 6.45) is 1.16. The number of nitrogens with zero attached hydrogens (tertiary/aromatic N) is 1. The smallest absolute Gasteiger partial charge is 0.272 e. The van der Waals surface area contributed by atoms with Gasteiger partial charge in [-0.1, -0.05) is 48.0 Å². The van der Waals surface area contributed by atoms with Crippen molar-refractivity contribution in [1.29, 1.82) is 0 Å². The first-order valence-electron chi connectivity index (χ1n) is 13.2. The van der Waals surface area contributed by atoms with Crippen LogP contribution in [0.1, 0.15) is 28.4 Å². The Hall–Kier alpha value is -5.00. The second-order valence-electron chi connectivity index (χ2n) is 9.50. The molecular formula is C32H26ClFN4O5S. The summed E-state index contributed by atoms with van der Waals surface area (Å²) in [5.74, 6) is -2.36. The van der Waals surface area contributed by atoms with Gasteiger partial charge < -0.3 is 16.0 Å². The van der Waals surface area contributed by atoms with Gasteiger partial charge in [-0.2, -0.15) is 0 Å². The lowest BCUT2D eigenvalue weighted by Crippen LogP contribution is -2.30. The molecule has 4 aromatic carbocycles. The molecule has 0 aliphatic carbocycles. The number of amides is 3. The largest absolute Gasteiger partial charge is 0.325 e. The summed E-state index contributed by atoms with van der Waals surface area (Å²) < 4.78 is 14.6. The quantitative estimate of drug-likeness (QED) is 0.0732. The summed E-state index contributed by atoms with van der Waals surface area (Å²) in [5, 5.41) is 18.5. The van der Waals surface area contributed by atoms with E-state index in [0.717, 1.165) is 6.08 Å². The molecule has 0 aliphatic rings. The topological polar surface area (TPSA) is 130 Å². The number of benzene rings is 4. The van der Waals surface area contributed by atoms with Crippen molar-refractivity contribution < 1.29 is 23.7 Å². The van der Waals surface area contributed by atoms with Crippen molar-refractivity contribution in [2.24, 2.45) is 0 Å². The number of rotatable bonds is 10.